The minimum absolute atomic E-state index is 0.0655. The molecule has 0 saturated heterocycles. The van der Waals surface area contributed by atoms with Crippen LogP contribution in [0.2, 0.25) is 0 Å². The molecule has 6 heteroatoms. The lowest BCUT2D eigenvalue weighted by molar-refractivity contribution is -0.167. The quantitative estimate of drug-likeness (QED) is 0.0261. The first kappa shape index (κ1) is 74.2. The van der Waals surface area contributed by atoms with E-state index in [-0.39, 0.29) is 31.1 Å². The molecule has 6 nitrogen and oxygen atoms in total. The van der Waals surface area contributed by atoms with Crippen molar-refractivity contribution in [2.45, 2.75) is 406 Å². The van der Waals surface area contributed by atoms with E-state index in [1.54, 1.807) is 0 Å². The molecule has 0 bridgehead atoms. The van der Waals surface area contributed by atoms with E-state index in [1.807, 2.05) is 0 Å². The summed E-state index contributed by atoms with van der Waals surface area (Å²) in [6, 6.07) is 0. The summed E-state index contributed by atoms with van der Waals surface area (Å²) in [4.78, 5) is 38.2. The van der Waals surface area contributed by atoms with Gasteiger partial charge in [-0.1, -0.05) is 348 Å². The SMILES string of the molecule is CCCCCCCCC/C=C\CCCCCCCCCC(=O)OC(COC(=O)CCCCCCCCCCCC)COC(=O)CCCCCCCCCCCCCCCCCCCCCCCCCCCCCCCC. The van der Waals surface area contributed by atoms with E-state index in [0.29, 0.717) is 19.3 Å². The molecular weight excluding hydrogens is 937 g/mol. The number of allylic oxidation sites excluding steroid dienone is 2. The summed E-state index contributed by atoms with van der Waals surface area (Å²) in [6.45, 7) is 6.70. The fraction of sp³-hybridized carbons (Fsp3) is 0.929. The fourth-order valence-corrected chi connectivity index (χ4v) is 10.8. The zero-order valence-corrected chi connectivity index (χ0v) is 51.8. The molecule has 1 atom stereocenters. The van der Waals surface area contributed by atoms with Gasteiger partial charge in [0, 0.05) is 19.3 Å². The van der Waals surface area contributed by atoms with Crippen LogP contribution in [0.1, 0.15) is 400 Å². The average molecular weight is 1070 g/mol. The molecule has 1 unspecified atom stereocenters. The van der Waals surface area contributed by atoms with Gasteiger partial charge in [0.25, 0.3) is 0 Å². The van der Waals surface area contributed by atoms with Gasteiger partial charge in [-0.15, -0.1) is 0 Å². The molecule has 0 saturated carbocycles. The predicted octanol–water partition coefficient (Wildman–Crippen LogP) is 23.6. The largest absolute Gasteiger partial charge is 0.462 e. The maximum Gasteiger partial charge on any atom is 0.306 e. The van der Waals surface area contributed by atoms with Crippen LogP contribution < -0.4 is 0 Å². The number of carbonyl (C=O) groups is 3. The van der Waals surface area contributed by atoms with Crippen LogP contribution in [-0.4, -0.2) is 37.2 Å². The first-order valence-corrected chi connectivity index (χ1v) is 34.7. The molecule has 0 fully saturated rings. The van der Waals surface area contributed by atoms with Crippen LogP contribution in [0, 0.1) is 0 Å². The highest BCUT2D eigenvalue weighted by atomic mass is 16.6. The normalized spacial score (nSPS) is 12.0. The Bertz CT molecular complexity index is 1180. The second kappa shape index (κ2) is 65.7. The minimum atomic E-state index is -0.767. The second-order valence-corrected chi connectivity index (χ2v) is 23.8. The van der Waals surface area contributed by atoms with Gasteiger partial charge in [0.15, 0.2) is 6.10 Å². The van der Waals surface area contributed by atoms with Crippen molar-refractivity contribution in [3.05, 3.63) is 12.2 Å². The van der Waals surface area contributed by atoms with E-state index in [2.05, 4.69) is 32.9 Å². The Hall–Kier alpha value is -1.85. The molecule has 76 heavy (non-hydrogen) atoms. The number of rotatable bonds is 65. The fourth-order valence-electron chi connectivity index (χ4n) is 10.8. The van der Waals surface area contributed by atoms with Gasteiger partial charge in [-0.2, -0.15) is 0 Å². The van der Waals surface area contributed by atoms with Gasteiger partial charge in [0.05, 0.1) is 0 Å². The molecule has 450 valence electrons. The summed E-state index contributed by atoms with van der Waals surface area (Å²) in [5, 5.41) is 0. The zero-order valence-electron chi connectivity index (χ0n) is 51.8. The molecule has 0 aliphatic rings. The van der Waals surface area contributed by atoms with Crippen molar-refractivity contribution in [3.63, 3.8) is 0 Å². The van der Waals surface area contributed by atoms with Gasteiger partial charge in [-0.25, -0.2) is 0 Å². The lowest BCUT2D eigenvalue weighted by Crippen LogP contribution is -2.30. The van der Waals surface area contributed by atoms with Crippen molar-refractivity contribution >= 4 is 17.9 Å². The molecule has 0 radical (unpaired) electrons. The van der Waals surface area contributed by atoms with E-state index >= 15 is 0 Å². The Kier molecular flexibility index (Phi) is 64.1. The summed E-state index contributed by atoms with van der Waals surface area (Å²) >= 11 is 0. The van der Waals surface area contributed by atoms with Crippen molar-refractivity contribution < 1.29 is 28.6 Å². The summed E-state index contributed by atoms with van der Waals surface area (Å²) in [5.74, 6) is -0.841. The molecular formula is C70H134O6. The van der Waals surface area contributed by atoms with Gasteiger partial charge in [0.1, 0.15) is 13.2 Å². The molecule has 0 aromatic carbocycles. The number of hydrogen-bond donors (Lipinski definition) is 0. The molecule has 0 aliphatic carbocycles. The highest BCUT2D eigenvalue weighted by Crippen LogP contribution is 2.19. The average Bonchev–Trinajstić information content (AvgIpc) is 3.42. The second-order valence-electron chi connectivity index (χ2n) is 23.8. The third-order valence-corrected chi connectivity index (χ3v) is 16.0. The summed E-state index contributed by atoms with van der Waals surface area (Å²) in [7, 11) is 0. The Morgan fingerprint density at radius 3 is 0.658 bits per heavy atom. The number of esters is 3. The summed E-state index contributed by atoms with van der Waals surface area (Å²) in [5.41, 5.74) is 0. The Labute approximate surface area is 475 Å². The van der Waals surface area contributed by atoms with Crippen molar-refractivity contribution in [2.24, 2.45) is 0 Å². The van der Waals surface area contributed by atoms with Crippen LogP contribution in [0.4, 0.5) is 0 Å². The zero-order chi connectivity index (χ0) is 55.0. The third-order valence-electron chi connectivity index (χ3n) is 16.0. The Morgan fingerprint density at radius 1 is 0.250 bits per heavy atom. The summed E-state index contributed by atoms with van der Waals surface area (Å²) in [6.07, 6.45) is 78.3. The monoisotopic (exact) mass is 1070 g/mol. The molecule has 0 spiro atoms. The molecule has 0 aromatic rings. The number of carbonyl (C=O) groups excluding carboxylic acids is 3. The Balaban J connectivity index is 4.07. The molecule has 0 amide bonds. The van der Waals surface area contributed by atoms with Crippen LogP contribution >= 0.6 is 0 Å². The van der Waals surface area contributed by atoms with Crippen molar-refractivity contribution in [1.82, 2.24) is 0 Å². The van der Waals surface area contributed by atoms with Crippen LogP contribution in [0.25, 0.3) is 0 Å². The van der Waals surface area contributed by atoms with E-state index in [9.17, 15) is 14.4 Å². The first-order valence-electron chi connectivity index (χ1n) is 34.7. The van der Waals surface area contributed by atoms with Crippen LogP contribution in [0.15, 0.2) is 12.2 Å². The van der Waals surface area contributed by atoms with Crippen LogP contribution in [0.3, 0.4) is 0 Å². The highest BCUT2D eigenvalue weighted by Gasteiger charge is 2.19. The maximum atomic E-state index is 12.9. The maximum absolute atomic E-state index is 12.9. The molecule has 0 aliphatic heterocycles. The van der Waals surface area contributed by atoms with Crippen LogP contribution in [0.5, 0.6) is 0 Å². The number of hydrogen-bond acceptors (Lipinski definition) is 6. The standard InChI is InChI=1S/C70H134O6/c1-4-7-10-13-16-19-22-24-26-28-30-31-32-33-34-35-36-37-38-39-40-41-43-44-46-48-51-54-57-60-63-69(72)75-66-67(65-74-68(71)62-59-56-53-50-21-18-15-12-9-6-3)76-70(73)64-61-58-55-52-49-47-45-42-29-27-25-23-20-17-14-11-8-5-2/h27,29,67H,4-26,28,30-66H2,1-3H3/b29-27-. The Morgan fingerprint density at radius 2 is 0.434 bits per heavy atom. The van der Waals surface area contributed by atoms with Gasteiger partial charge in [-0.3, -0.25) is 14.4 Å². The molecule has 0 aromatic heterocycles. The molecule has 0 heterocycles. The number of ether oxygens (including phenoxy) is 3. The highest BCUT2D eigenvalue weighted by molar-refractivity contribution is 5.71. The number of unbranched alkanes of at least 4 members (excludes halogenated alkanes) is 52. The topological polar surface area (TPSA) is 78.9 Å². The van der Waals surface area contributed by atoms with Crippen LogP contribution in [-0.2, 0) is 28.6 Å². The van der Waals surface area contributed by atoms with Gasteiger partial charge < -0.3 is 14.2 Å². The smallest absolute Gasteiger partial charge is 0.306 e. The lowest BCUT2D eigenvalue weighted by atomic mass is 10.0. The first-order chi connectivity index (χ1) is 37.5. The van der Waals surface area contributed by atoms with E-state index < -0.39 is 6.10 Å². The van der Waals surface area contributed by atoms with E-state index in [1.165, 1.54) is 302 Å². The van der Waals surface area contributed by atoms with Crippen molar-refractivity contribution in [3.8, 4) is 0 Å². The van der Waals surface area contributed by atoms with Crippen molar-refractivity contribution in [2.75, 3.05) is 13.2 Å². The van der Waals surface area contributed by atoms with E-state index in [0.717, 1.165) is 57.8 Å². The lowest BCUT2D eigenvalue weighted by Gasteiger charge is -2.18. The predicted molar refractivity (Wildman–Crippen MR) is 330 cm³/mol. The van der Waals surface area contributed by atoms with Crippen molar-refractivity contribution in [1.29, 1.82) is 0 Å². The van der Waals surface area contributed by atoms with Gasteiger partial charge in [0.2, 0.25) is 0 Å². The molecule has 0 N–H and O–H groups in total. The van der Waals surface area contributed by atoms with Gasteiger partial charge >= 0.3 is 17.9 Å². The summed E-state index contributed by atoms with van der Waals surface area (Å²) < 4.78 is 16.9. The van der Waals surface area contributed by atoms with Gasteiger partial charge in [-0.05, 0) is 44.9 Å². The third kappa shape index (κ3) is 63.0. The minimum Gasteiger partial charge on any atom is -0.462 e. The van der Waals surface area contributed by atoms with E-state index in [4.69, 9.17) is 14.2 Å². The molecule has 0 rings (SSSR count).